The first kappa shape index (κ1) is 15.9. The Kier molecular flexibility index (Phi) is 5.69. The van der Waals surface area contributed by atoms with Gasteiger partial charge in [-0.15, -0.1) is 0 Å². The van der Waals surface area contributed by atoms with Crippen molar-refractivity contribution in [1.29, 1.82) is 0 Å². The maximum atomic E-state index is 11.1. The number of carbonyl (C=O) groups excluding carboxylic acids is 1. The highest BCUT2D eigenvalue weighted by Gasteiger charge is 2.15. The average molecular weight is 283 g/mol. The van der Waals surface area contributed by atoms with Crippen LogP contribution in [0.3, 0.4) is 0 Å². The molecule has 4 nitrogen and oxygen atoms in total. The minimum atomic E-state index is -4.02. The molecule has 0 amide bonds. The zero-order valence-electron chi connectivity index (χ0n) is 11.4. The minimum Gasteiger partial charge on any atom is -0.280 e. The van der Waals surface area contributed by atoms with Gasteiger partial charge in [0.1, 0.15) is 0 Å². The predicted molar refractivity (Wildman–Crippen MR) is 76.0 cm³/mol. The van der Waals surface area contributed by atoms with E-state index in [4.69, 9.17) is 5.14 Å². The lowest BCUT2D eigenvalue weighted by molar-refractivity contribution is -0.111. The number of hydrogen-bond donors (Lipinski definition) is 1. The molecule has 0 heterocycles. The van der Waals surface area contributed by atoms with Crippen molar-refractivity contribution in [3.63, 3.8) is 0 Å². The molecule has 0 saturated heterocycles. The Morgan fingerprint density at radius 2 is 1.68 bits per heavy atom. The number of benzene rings is 1. The Morgan fingerprint density at radius 1 is 1.16 bits per heavy atom. The average Bonchev–Trinajstić information content (AvgIpc) is 2.29. The lowest BCUT2D eigenvalue weighted by Crippen LogP contribution is -2.23. The van der Waals surface area contributed by atoms with Crippen LogP contribution in [-0.4, -0.2) is 13.5 Å². The molecule has 0 spiro atoms. The molecule has 0 atom stereocenters. The van der Waals surface area contributed by atoms with Crippen LogP contribution < -0.4 is 5.14 Å². The molecule has 0 aliphatic carbocycles. The number of carbonyl (C=O) groups is 1. The molecule has 1 rings (SSSR count). The van der Waals surface area contributed by atoms with Crippen molar-refractivity contribution in [2.45, 2.75) is 39.5 Å². The molecule has 5 heteroatoms. The molecule has 0 bridgehead atoms. The Balaban J connectivity index is 2.44. The van der Waals surface area contributed by atoms with Crippen molar-refractivity contribution in [2.75, 3.05) is 0 Å². The number of sulfonamides is 1. The quantitative estimate of drug-likeness (QED) is 0.867. The van der Waals surface area contributed by atoms with Gasteiger partial charge in [0.15, 0.2) is 0 Å². The Bertz CT molecular complexity index is 518. The van der Waals surface area contributed by atoms with Gasteiger partial charge in [0, 0.05) is 6.42 Å². The summed E-state index contributed by atoms with van der Waals surface area (Å²) in [6, 6.07) is 8.21. The highest BCUT2D eigenvalue weighted by atomic mass is 32.2. The number of rotatable bonds is 6. The first-order valence-electron chi connectivity index (χ1n) is 6.42. The zero-order chi connectivity index (χ0) is 14.5. The highest BCUT2D eigenvalue weighted by molar-refractivity contribution is 8.04. The summed E-state index contributed by atoms with van der Waals surface area (Å²) in [5, 5.41) is 3.86. The van der Waals surface area contributed by atoms with E-state index in [-0.39, 0.29) is 6.42 Å². The van der Waals surface area contributed by atoms with E-state index in [0.29, 0.717) is 18.8 Å². The number of aryl methyl sites for hydroxylation is 1. The van der Waals surface area contributed by atoms with Crippen LogP contribution >= 0.6 is 0 Å². The van der Waals surface area contributed by atoms with Gasteiger partial charge in [0.2, 0.25) is 0 Å². The fourth-order valence-electron chi connectivity index (χ4n) is 1.89. The first-order valence-corrected chi connectivity index (χ1v) is 7.97. The molecule has 0 aromatic heterocycles. The van der Waals surface area contributed by atoms with Crippen LogP contribution in [0, 0.1) is 5.92 Å². The highest BCUT2D eigenvalue weighted by Crippen LogP contribution is 2.12. The number of nitrogens with two attached hydrogens (primary N) is 1. The SMILES string of the molecule is CC(C)Cc1ccc(CCCC(=O)S(N)(=O)=O)cc1. The Morgan fingerprint density at radius 3 is 2.16 bits per heavy atom. The maximum absolute atomic E-state index is 11.1. The van der Waals surface area contributed by atoms with E-state index in [2.05, 4.69) is 26.0 Å². The second kappa shape index (κ2) is 6.82. The molecule has 2 N–H and O–H groups in total. The topological polar surface area (TPSA) is 77.2 Å². The molecule has 1 aromatic rings. The van der Waals surface area contributed by atoms with Crippen LogP contribution in [0.4, 0.5) is 0 Å². The Hall–Kier alpha value is -1.20. The van der Waals surface area contributed by atoms with Gasteiger partial charge < -0.3 is 0 Å². The molecule has 19 heavy (non-hydrogen) atoms. The minimum absolute atomic E-state index is 0.0213. The van der Waals surface area contributed by atoms with E-state index >= 15 is 0 Å². The van der Waals surface area contributed by atoms with Crippen LogP contribution in [0.1, 0.15) is 37.8 Å². The molecule has 0 unspecified atom stereocenters. The summed E-state index contributed by atoms with van der Waals surface area (Å²) in [6.07, 6.45) is 2.21. The van der Waals surface area contributed by atoms with E-state index in [1.54, 1.807) is 0 Å². The fraction of sp³-hybridized carbons (Fsp3) is 0.500. The standard InChI is InChI=1S/C14H21NO3S/c1-11(2)10-13-8-6-12(7-9-13)4-3-5-14(16)19(15,17)18/h6-9,11H,3-5,10H2,1-2H3,(H2,15,17,18). The normalized spacial score (nSPS) is 11.8. The molecule has 0 aliphatic rings. The molecule has 0 aliphatic heterocycles. The van der Waals surface area contributed by atoms with Gasteiger partial charge >= 0.3 is 0 Å². The molecule has 0 saturated carbocycles. The second-order valence-electron chi connectivity index (χ2n) is 5.19. The Labute approximate surface area is 115 Å². The van der Waals surface area contributed by atoms with E-state index in [9.17, 15) is 13.2 Å². The summed E-state index contributed by atoms with van der Waals surface area (Å²) in [4.78, 5) is 11.1. The molecule has 0 fully saturated rings. The van der Waals surface area contributed by atoms with Gasteiger partial charge in [-0.25, -0.2) is 13.6 Å². The first-order chi connectivity index (χ1) is 8.79. The fourth-order valence-corrected chi connectivity index (χ4v) is 2.32. The molecule has 1 aromatic carbocycles. The monoisotopic (exact) mass is 283 g/mol. The molecular formula is C14H21NO3S. The third-order valence-electron chi connectivity index (χ3n) is 2.83. The van der Waals surface area contributed by atoms with Crippen molar-refractivity contribution >= 4 is 15.1 Å². The lowest BCUT2D eigenvalue weighted by Gasteiger charge is -2.06. The smallest absolute Gasteiger partial charge is 0.271 e. The largest absolute Gasteiger partial charge is 0.280 e. The summed E-state index contributed by atoms with van der Waals surface area (Å²) in [6.45, 7) is 4.35. The van der Waals surface area contributed by atoms with Crippen LogP contribution in [0.25, 0.3) is 0 Å². The van der Waals surface area contributed by atoms with Gasteiger partial charge in [0.25, 0.3) is 15.1 Å². The summed E-state index contributed by atoms with van der Waals surface area (Å²) < 4.78 is 21.5. The van der Waals surface area contributed by atoms with E-state index in [1.807, 2.05) is 12.1 Å². The predicted octanol–water partition coefficient (Wildman–Crippen LogP) is 2.02. The van der Waals surface area contributed by atoms with E-state index < -0.39 is 15.1 Å². The zero-order valence-corrected chi connectivity index (χ0v) is 12.2. The number of hydrogen-bond acceptors (Lipinski definition) is 3. The van der Waals surface area contributed by atoms with E-state index in [0.717, 1.165) is 12.0 Å². The molecular weight excluding hydrogens is 262 g/mol. The van der Waals surface area contributed by atoms with Crippen LogP contribution in [0.15, 0.2) is 24.3 Å². The summed E-state index contributed by atoms with van der Waals surface area (Å²) in [7, 11) is -4.02. The van der Waals surface area contributed by atoms with Crippen LogP contribution in [-0.2, 0) is 27.7 Å². The number of primary sulfonamides is 1. The summed E-state index contributed by atoms with van der Waals surface area (Å²) in [5.74, 6) is 0.623. The van der Waals surface area contributed by atoms with Gasteiger partial charge in [0.05, 0.1) is 0 Å². The van der Waals surface area contributed by atoms with Gasteiger partial charge in [-0.2, -0.15) is 0 Å². The molecule has 0 radical (unpaired) electrons. The lowest BCUT2D eigenvalue weighted by atomic mass is 10.0. The van der Waals surface area contributed by atoms with Crippen molar-refractivity contribution in [1.82, 2.24) is 0 Å². The van der Waals surface area contributed by atoms with Crippen molar-refractivity contribution in [3.05, 3.63) is 35.4 Å². The van der Waals surface area contributed by atoms with Gasteiger partial charge in [-0.1, -0.05) is 38.1 Å². The van der Waals surface area contributed by atoms with E-state index in [1.165, 1.54) is 5.56 Å². The van der Waals surface area contributed by atoms with Crippen molar-refractivity contribution < 1.29 is 13.2 Å². The summed E-state index contributed by atoms with van der Waals surface area (Å²) in [5.41, 5.74) is 2.40. The third-order valence-corrected chi connectivity index (χ3v) is 3.67. The van der Waals surface area contributed by atoms with Gasteiger partial charge in [-0.3, -0.25) is 4.79 Å². The van der Waals surface area contributed by atoms with Crippen molar-refractivity contribution in [3.8, 4) is 0 Å². The summed E-state index contributed by atoms with van der Waals surface area (Å²) >= 11 is 0. The third kappa shape index (κ3) is 5.98. The van der Waals surface area contributed by atoms with Crippen molar-refractivity contribution in [2.24, 2.45) is 11.1 Å². The maximum Gasteiger partial charge on any atom is 0.271 e. The second-order valence-corrected chi connectivity index (χ2v) is 6.73. The molecule has 106 valence electrons. The van der Waals surface area contributed by atoms with Crippen LogP contribution in [0.5, 0.6) is 0 Å². The van der Waals surface area contributed by atoms with Gasteiger partial charge in [-0.05, 0) is 36.3 Å². The van der Waals surface area contributed by atoms with Crippen LogP contribution in [0.2, 0.25) is 0 Å².